The number of hydrogen-bond acceptors (Lipinski definition) is 5. The van der Waals surface area contributed by atoms with Gasteiger partial charge in [0.2, 0.25) is 0 Å². The van der Waals surface area contributed by atoms with Gasteiger partial charge in [0.15, 0.2) is 12.1 Å². The van der Waals surface area contributed by atoms with Gasteiger partial charge in [-0.1, -0.05) is 30.3 Å². The summed E-state index contributed by atoms with van der Waals surface area (Å²) in [5.74, 6) is -0.220. The molecule has 0 aliphatic carbocycles. The molecule has 2 aromatic rings. The zero-order valence-electron chi connectivity index (χ0n) is 13.2. The molecule has 2 aromatic carbocycles. The summed E-state index contributed by atoms with van der Waals surface area (Å²) in [5.41, 5.74) is 1.33. The molecule has 0 aliphatic rings. The number of aromatic hydroxyl groups is 2. The van der Waals surface area contributed by atoms with E-state index in [9.17, 15) is 15.0 Å². The van der Waals surface area contributed by atoms with Crippen LogP contribution in [0.25, 0.3) is 0 Å². The summed E-state index contributed by atoms with van der Waals surface area (Å²) in [6.07, 6.45) is -0.335. The summed E-state index contributed by atoms with van der Waals surface area (Å²) in [4.78, 5) is 12.2. The average molecular weight is 316 g/mol. The molecule has 0 spiro atoms. The van der Waals surface area contributed by atoms with Crippen LogP contribution < -0.4 is 0 Å². The fourth-order valence-corrected chi connectivity index (χ4v) is 2.44. The molecule has 0 radical (unpaired) electrons. The Morgan fingerprint density at radius 1 is 1.04 bits per heavy atom. The van der Waals surface area contributed by atoms with Crippen molar-refractivity contribution in [2.45, 2.75) is 19.1 Å². The first-order valence-electron chi connectivity index (χ1n) is 7.26. The minimum atomic E-state index is -0.737. The van der Waals surface area contributed by atoms with E-state index in [-0.39, 0.29) is 30.1 Å². The predicted octanol–water partition coefficient (Wildman–Crippen LogP) is 3.20. The molecular formula is C18H20O5. The molecule has 0 bridgehead atoms. The summed E-state index contributed by atoms with van der Waals surface area (Å²) >= 11 is 0. The number of phenolic OH excluding ortho intramolecular Hbond substituents is 2. The van der Waals surface area contributed by atoms with E-state index in [2.05, 4.69) is 0 Å². The van der Waals surface area contributed by atoms with Crippen LogP contribution >= 0.6 is 0 Å². The molecule has 0 amide bonds. The number of carbonyl (C=O) groups excluding carboxylic acids is 1. The minimum absolute atomic E-state index is 0.0511. The summed E-state index contributed by atoms with van der Waals surface area (Å²) < 4.78 is 10.3. The highest BCUT2D eigenvalue weighted by Gasteiger charge is 2.20. The fourth-order valence-electron chi connectivity index (χ4n) is 2.44. The molecule has 23 heavy (non-hydrogen) atoms. The van der Waals surface area contributed by atoms with Crippen LogP contribution in [0.4, 0.5) is 0 Å². The Bertz CT molecular complexity index is 663. The van der Waals surface area contributed by atoms with E-state index >= 15 is 0 Å². The van der Waals surface area contributed by atoms with E-state index in [0.717, 1.165) is 0 Å². The Labute approximate surface area is 135 Å². The Morgan fingerprint density at radius 2 is 1.70 bits per heavy atom. The molecule has 0 atom stereocenters. The van der Waals surface area contributed by atoms with Crippen molar-refractivity contribution in [3.63, 3.8) is 0 Å². The Balaban J connectivity index is 2.19. The Morgan fingerprint density at radius 3 is 2.30 bits per heavy atom. The van der Waals surface area contributed by atoms with Crippen LogP contribution in [0.15, 0.2) is 42.5 Å². The van der Waals surface area contributed by atoms with Gasteiger partial charge in [-0.2, -0.15) is 0 Å². The van der Waals surface area contributed by atoms with Gasteiger partial charge in [-0.05, 0) is 18.6 Å². The van der Waals surface area contributed by atoms with Gasteiger partial charge >= 0.3 is 0 Å². The van der Waals surface area contributed by atoms with Gasteiger partial charge in [0.25, 0.3) is 0 Å². The smallest absolute Gasteiger partial charge is 0.186 e. The standard InChI is InChI=1S/C18H20O5/c1-22-18(23-2)14-9-11-16(20)13(17(14)21)8-10-15(19)12-6-4-3-5-7-12/h3-7,9,11,18,20-21H,8,10H2,1-2H3. The molecule has 0 fully saturated rings. The van der Waals surface area contributed by atoms with Crippen LogP contribution in [-0.2, 0) is 15.9 Å². The number of Topliss-reactive ketones (excluding diaryl/α,β-unsaturated/α-hetero) is 1. The average Bonchev–Trinajstić information content (AvgIpc) is 2.58. The van der Waals surface area contributed by atoms with Crippen molar-refractivity contribution < 1.29 is 24.5 Å². The molecule has 0 saturated heterocycles. The first-order chi connectivity index (χ1) is 11.1. The van der Waals surface area contributed by atoms with Gasteiger partial charge in [0, 0.05) is 37.3 Å². The maximum absolute atomic E-state index is 12.2. The summed E-state index contributed by atoms with van der Waals surface area (Å²) in [7, 11) is 2.91. The zero-order valence-corrected chi connectivity index (χ0v) is 13.2. The fraction of sp³-hybridized carbons (Fsp3) is 0.278. The summed E-state index contributed by atoms with van der Waals surface area (Å²) in [6, 6.07) is 11.9. The number of ketones is 1. The molecule has 0 heterocycles. The number of ether oxygens (including phenoxy) is 2. The van der Waals surface area contributed by atoms with Gasteiger partial charge < -0.3 is 19.7 Å². The van der Waals surface area contributed by atoms with Crippen LogP contribution in [0, 0.1) is 0 Å². The number of rotatable bonds is 7. The molecular weight excluding hydrogens is 296 g/mol. The second-order valence-corrected chi connectivity index (χ2v) is 5.09. The highest BCUT2D eigenvalue weighted by Crippen LogP contribution is 2.36. The quantitative estimate of drug-likeness (QED) is 0.606. The van der Waals surface area contributed by atoms with Crippen molar-refractivity contribution >= 4 is 5.78 Å². The van der Waals surface area contributed by atoms with Gasteiger partial charge in [-0.25, -0.2) is 0 Å². The number of carbonyl (C=O) groups is 1. The SMILES string of the molecule is COC(OC)c1ccc(O)c(CCC(=O)c2ccccc2)c1O. The van der Waals surface area contributed by atoms with Crippen LogP contribution in [0.5, 0.6) is 11.5 Å². The lowest BCUT2D eigenvalue weighted by molar-refractivity contribution is -0.107. The summed E-state index contributed by atoms with van der Waals surface area (Å²) in [6.45, 7) is 0. The lowest BCUT2D eigenvalue weighted by Crippen LogP contribution is -2.06. The zero-order chi connectivity index (χ0) is 16.8. The highest BCUT2D eigenvalue weighted by molar-refractivity contribution is 5.96. The molecule has 5 heteroatoms. The van der Waals surface area contributed by atoms with E-state index in [4.69, 9.17) is 9.47 Å². The van der Waals surface area contributed by atoms with E-state index < -0.39 is 6.29 Å². The molecule has 2 rings (SSSR count). The largest absolute Gasteiger partial charge is 0.508 e. The maximum Gasteiger partial charge on any atom is 0.186 e. The first kappa shape index (κ1) is 17.0. The highest BCUT2D eigenvalue weighted by atomic mass is 16.7. The topological polar surface area (TPSA) is 76.0 Å². The molecule has 0 aromatic heterocycles. The summed E-state index contributed by atoms with van der Waals surface area (Å²) in [5, 5.41) is 20.3. The van der Waals surface area contributed by atoms with Gasteiger partial charge in [0.05, 0.1) is 0 Å². The molecule has 5 nitrogen and oxygen atoms in total. The van der Waals surface area contributed by atoms with Crippen molar-refractivity contribution in [3.8, 4) is 11.5 Å². The lowest BCUT2D eigenvalue weighted by atomic mass is 9.99. The van der Waals surface area contributed by atoms with Crippen molar-refractivity contribution in [1.29, 1.82) is 0 Å². The van der Waals surface area contributed by atoms with E-state index in [1.807, 2.05) is 6.07 Å². The number of methoxy groups -OCH3 is 2. The third kappa shape index (κ3) is 3.88. The lowest BCUT2D eigenvalue weighted by Gasteiger charge is -2.17. The number of hydrogen-bond donors (Lipinski definition) is 2. The van der Waals surface area contributed by atoms with Crippen LogP contribution in [0.2, 0.25) is 0 Å². The third-order valence-corrected chi connectivity index (χ3v) is 3.67. The van der Waals surface area contributed by atoms with E-state index in [1.54, 1.807) is 24.3 Å². The molecule has 2 N–H and O–H groups in total. The molecule has 0 unspecified atom stereocenters. The van der Waals surface area contributed by atoms with Crippen molar-refractivity contribution in [1.82, 2.24) is 0 Å². The molecule has 122 valence electrons. The van der Waals surface area contributed by atoms with Crippen molar-refractivity contribution in [2.75, 3.05) is 14.2 Å². The maximum atomic E-state index is 12.2. The Kier molecular flexibility index (Phi) is 5.73. The van der Waals surface area contributed by atoms with Crippen LogP contribution in [0.1, 0.15) is 34.2 Å². The number of phenols is 2. The molecule has 0 saturated carbocycles. The minimum Gasteiger partial charge on any atom is -0.508 e. The number of benzene rings is 2. The van der Waals surface area contributed by atoms with Crippen LogP contribution in [-0.4, -0.2) is 30.2 Å². The van der Waals surface area contributed by atoms with E-state index in [0.29, 0.717) is 16.7 Å². The second kappa shape index (κ2) is 7.76. The predicted molar refractivity (Wildman–Crippen MR) is 85.6 cm³/mol. The monoisotopic (exact) mass is 316 g/mol. The third-order valence-electron chi connectivity index (χ3n) is 3.67. The Hall–Kier alpha value is -2.37. The first-order valence-corrected chi connectivity index (χ1v) is 7.26. The van der Waals surface area contributed by atoms with Gasteiger partial charge in [-0.15, -0.1) is 0 Å². The van der Waals surface area contributed by atoms with E-state index in [1.165, 1.54) is 26.4 Å². The van der Waals surface area contributed by atoms with Crippen LogP contribution in [0.3, 0.4) is 0 Å². The normalized spacial score (nSPS) is 10.9. The van der Waals surface area contributed by atoms with Gasteiger partial charge in [0.1, 0.15) is 11.5 Å². The second-order valence-electron chi connectivity index (χ2n) is 5.09. The molecule has 0 aliphatic heterocycles. The van der Waals surface area contributed by atoms with Crippen molar-refractivity contribution in [2.24, 2.45) is 0 Å². The van der Waals surface area contributed by atoms with Gasteiger partial charge in [-0.3, -0.25) is 4.79 Å². The van der Waals surface area contributed by atoms with Crippen molar-refractivity contribution in [3.05, 3.63) is 59.2 Å².